The summed E-state index contributed by atoms with van der Waals surface area (Å²) >= 11 is 6.45. The fourth-order valence-electron chi connectivity index (χ4n) is 2.56. The number of fused-ring (bicyclic) bond motifs is 1. The molecule has 0 spiro atoms. The van der Waals surface area contributed by atoms with Crippen molar-refractivity contribution in [3.05, 3.63) is 34.3 Å². The van der Waals surface area contributed by atoms with E-state index in [9.17, 15) is 4.79 Å². The number of nitrogens with zero attached hydrogens (tertiary/aromatic N) is 1. The van der Waals surface area contributed by atoms with Crippen molar-refractivity contribution in [1.29, 1.82) is 0 Å². The second-order valence-electron chi connectivity index (χ2n) is 5.12. The molecule has 0 saturated heterocycles. The highest BCUT2D eigenvalue weighted by atomic mass is 35.5. The minimum Gasteiger partial charge on any atom is -0.408 e. The molecule has 1 aromatic carbocycles. The first-order valence-electron chi connectivity index (χ1n) is 6.39. The average Bonchev–Trinajstić information content (AvgIpc) is 2.99. The van der Waals surface area contributed by atoms with E-state index in [0.29, 0.717) is 24.0 Å². The zero-order valence-electron chi connectivity index (χ0n) is 10.5. The molecule has 96 valence electrons. The molecule has 1 fully saturated rings. The predicted octanol–water partition coefficient (Wildman–Crippen LogP) is 3.55. The lowest BCUT2D eigenvalue weighted by Crippen LogP contribution is -2.11. The van der Waals surface area contributed by atoms with Crippen molar-refractivity contribution in [3.8, 4) is 0 Å². The van der Waals surface area contributed by atoms with Crippen LogP contribution in [0, 0.1) is 11.8 Å². The molecule has 0 amide bonds. The zero-order valence-corrected chi connectivity index (χ0v) is 11.3. The van der Waals surface area contributed by atoms with Gasteiger partial charge in [-0.2, -0.15) is 0 Å². The number of hydrogen-bond donors (Lipinski definition) is 0. The van der Waals surface area contributed by atoms with Crippen LogP contribution >= 0.6 is 11.6 Å². The summed E-state index contributed by atoms with van der Waals surface area (Å²) in [5.41, 5.74) is 2.53. The molecule has 18 heavy (non-hydrogen) atoms. The SMILES string of the molecule is CCn1c(=O)oc2cc(C(Cl)C3CC3C)ccc21. The monoisotopic (exact) mass is 265 g/mol. The van der Waals surface area contributed by atoms with Gasteiger partial charge in [-0.25, -0.2) is 4.79 Å². The van der Waals surface area contributed by atoms with E-state index in [2.05, 4.69) is 6.92 Å². The lowest BCUT2D eigenvalue weighted by Gasteiger charge is -2.08. The van der Waals surface area contributed by atoms with Crippen LogP contribution in [-0.4, -0.2) is 4.57 Å². The Balaban J connectivity index is 2.04. The van der Waals surface area contributed by atoms with Crippen LogP contribution in [0.15, 0.2) is 27.4 Å². The number of oxazole rings is 1. The zero-order chi connectivity index (χ0) is 12.9. The van der Waals surface area contributed by atoms with Crippen molar-refractivity contribution in [3.63, 3.8) is 0 Å². The smallest absolute Gasteiger partial charge is 0.408 e. The van der Waals surface area contributed by atoms with Crippen LogP contribution in [0.2, 0.25) is 0 Å². The van der Waals surface area contributed by atoms with Crippen molar-refractivity contribution in [2.75, 3.05) is 0 Å². The highest BCUT2D eigenvalue weighted by molar-refractivity contribution is 6.21. The van der Waals surface area contributed by atoms with Gasteiger partial charge in [0.05, 0.1) is 10.9 Å². The van der Waals surface area contributed by atoms with E-state index >= 15 is 0 Å². The Labute approximate surface area is 110 Å². The fourth-order valence-corrected chi connectivity index (χ4v) is 3.05. The summed E-state index contributed by atoms with van der Waals surface area (Å²) in [6.07, 6.45) is 1.19. The molecule has 3 nitrogen and oxygen atoms in total. The summed E-state index contributed by atoms with van der Waals surface area (Å²) in [4.78, 5) is 11.6. The Morgan fingerprint density at radius 3 is 2.89 bits per heavy atom. The Kier molecular flexibility index (Phi) is 2.74. The largest absolute Gasteiger partial charge is 0.419 e. The molecule has 3 atom stereocenters. The Bertz CT molecular complexity index is 643. The van der Waals surface area contributed by atoms with Gasteiger partial charge < -0.3 is 4.42 Å². The molecular weight excluding hydrogens is 250 g/mol. The highest BCUT2D eigenvalue weighted by Crippen LogP contribution is 2.50. The van der Waals surface area contributed by atoms with Crippen LogP contribution < -0.4 is 5.76 Å². The van der Waals surface area contributed by atoms with E-state index < -0.39 is 0 Å². The van der Waals surface area contributed by atoms with Gasteiger partial charge in [-0.3, -0.25) is 4.57 Å². The van der Waals surface area contributed by atoms with Gasteiger partial charge in [0.2, 0.25) is 0 Å². The second-order valence-corrected chi connectivity index (χ2v) is 5.59. The standard InChI is InChI=1S/C14H16ClNO2/c1-3-16-11-5-4-9(7-12(11)18-14(16)17)13(15)10-6-8(10)2/h4-5,7-8,10,13H,3,6H2,1-2H3. The van der Waals surface area contributed by atoms with Gasteiger partial charge in [0.25, 0.3) is 0 Å². The van der Waals surface area contributed by atoms with Gasteiger partial charge in [-0.05, 0) is 42.9 Å². The maximum Gasteiger partial charge on any atom is 0.419 e. The van der Waals surface area contributed by atoms with E-state index in [-0.39, 0.29) is 11.1 Å². The molecule has 3 rings (SSSR count). The van der Waals surface area contributed by atoms with Crippen molar-refractivity contribution in [1.82, 2.24) is 4.57 Å². The normalized spacial score (nSPS) is 24.4. The van der Waals surface area contributed by atoms with Crippen LogP contribution in [0.25, 0.3) is 11.1 Å². The topological polar surface area (TPSA) is 35.1 Å². The maximum atomic E-state index is 11.6. The molecule has 4 heteroatoms. The molecule has 1 heterocycles. The van der Waals surface area contributed by atoms with Gasteiger partial charge in [0, 0.05) is 6.54 Å². The fraction of sp³-hybridized carbons (Fsp3) is 0.500. The van der Waals surface area contributed by atoms with Gasteiger partial charge in [-0.15, -0.1) is 11.6 Å². The molecule has 1 saturated carbocycles. The van der Waals surface area contributed by atoms with E-state index in [1.54, 1.807) is 4.57 Å². The average molecular weight is 266 g/mol. The second kappa shape index (κ2) is 4.16. The molecule has 0 aliphatic heterocycles. The molecule has 1 aliphatic rings. The van der Waals surface area contributed by atoms with Crippen molar-refractivity contribution in [2.45, 2.75) is 32.2 Å². The van der Waals surface area contributed by atoms with Crippen LogP contribution in [0.1, 0.15) is 31.2 Å². The molecule has 3 unspecified atom stereocenters. The number of rotatable bonds is 3. The minimum atomic E-state index is -0.296. The first-order chi connectivity index (χ1) is 8.61. The minimum absolute atomic E-state index is 0.0275. The first-order valence-corrected chi connectivity index (χ1v) is 6.82. The van der Waals surface area contributed by atoms with Crippen molar-refractivity contribution < 1.29 is 4.42 Å². The summed E-state index contributed by atoms with van der Waals surface area (Å²) in [5.74, 6) is 0.968. The maximum absolute atomic E-state index is 11.6. The lowest BCUT2D eigenvalue weighted by molar-refractivity contribution is 0.513. The van der Waals surface area contributed by atoms with Crippen LogP contribution in [0.5, 0.6) is 0 Å². The summed E-state index contributed by atoms with van der Waals surface area (Å²) in [7, 11) is 0. The lowest BCUT2D eigenvalue weighted by atomic mass is 10.1. The Morgan fingerprint density at radius 2 is 2.28 bits per heavy atom. The molecule has 2 aromatic rings. The molecule has 0 N–H and O–H groups in total. The number of benzene rings is 1. The van der Waals surface area contributed by atoms with Crippen LogP contribution in [0.4, 0.5) is 0 Å². The number of aromatic nitrogens is 1. The van der Waals surface area contributed by atoms with Gasteiger partial charge in [-0.1, -0.05) is 13.0 Å². The molecule has 0 radical (unpaired) electrons. The Hall–Kier alpha value is -1.22. The van der Waals surface area contributed by atoms with Gasteiger partial charge in [0.1, 0.15) is 0 Å². The van der Waals surface area contributed by atoms with E-state index in [0.717, 1.165) is 11.1 Å². The first kappa shape index (κ1) is 11.8. The number of halogens is 1. The van der Waals surface area contributed by atoms with Crippen molar-refractivity contribution >= 4 is 22.7 Å². The number of alkyl halides is 1. The summed E-state index contributed by atoms with van der Waals surface area (Å²) in [6, 6.07) is 5.85. The molecule has 1 aromatic heterocycles. The van der Waals surface area contributed by atoms with Crippen LogP contribution in [0.3, 0.4) is 0 Å². The summed E-state index contributed by atoms with van der Waals surface area (Å²) in [6.45, 7) is 4.77. The summed E-state index contributed by atoms with van der Waals surface area (Å²) in [5, 5.41) is 0.0275. The third-order valence-corrected chi connectivity index (χ3v) is 4.45. The van der Waals surface area contributed by atoms with E-state index in [1.165, 1.54) is 6.42 Å². The molecule has 0 bridgehead atoms. The Morgan fingerprint density at radius 1 is 1.56 bits per heavy atom. The highest BCUT2D eigenvalue weighted by Gasteiger charge is 2.39. The quantitative estimate of drug-likeness (QED) is 0.796. The van der Waals surface area contributed by atoms with E-state index in [1.807, 2.05) is 25.1 Å². The number of aryl methyl sites for hydroxylation is 1. The van der Waals surface area contributed by atoms with Gasteiger partial charge in [0.15, 0.2) is 5.58 Å². The third kappa shape index (κ3) is 1.77. The summed E-state index contributed by atoms with van der Waals surface area (Å²) < 4.78 is 6.88. The third-order valence-electron chi connectivity index (χ3n) is 3.87. The van der Waals surface area contributed by atoms with E-state index in [4.69, 9.17) is 16.0 Å². The predicted molar refractivity (Wildman–Crippen MR) is 72.0 cm³/mol. The molecule has 1 aliphatic carbocycles. The molecular formula is C14H16ClNO2. The van der Waals surface area contributed by atoms with Crippen molar-refractivity contribution in [2.24, 2.45) is 11.8 Å². The number of hydrogen-bond acceptors (Lipinski definition) is 2. The van der Waals surface area contributed by atoms with Gasteiger partial charge >= 0.3 is 5.76 Å². The van der Waals surface area contributed by atoms with Crippen LogP contribution in [-0.2, 0) is 6.54 Å².